The van der Waals surface area contributed by atoms with E-state index < -0.39 is 0 Å². The van der Waals surface area contributed by atoms with E-state index in [1.54, 1.807) is 17.5 Å². The maximum Gasteiger partial charge on any atom is 0.0815 e. The van der Waals surface area contributed by atoms with Gasteiger partial charge in [-0.2, -0.15) is 0 Å². The van der Waals surface area contributed by atoms with Gasteiger partial charge in [0.05, 0.1) is 27.6 Å². The Morgan fingerprint density at radius 1 is 1.14 bits per heavy atom. The van der Waals surface area contributed by atoms with Crippen LogP contribution < -0.4 is 5.73 Å². The summed E-state index contributed by atoms with van der Waals surface area (Å²) in [7, 11) is 0. The molecule has 22 heavy (non-hydrogen) atoms. The van der Waals surface area contributed by atoms with Gasteiger partial charge in [-0.05, 0) is 35.7 Å². The molecule has 3 aromatic rings. The lowest BCUT2D eigenvalue weighted by molar-refractivity contribution is 0.279. The van der Waals surface area contributed by atoms with Crippen LogP contribution in [0.4, 0.5) is 5.69 Å². The third-order valence-electron chi connectivity index (χ3n) is 4.24. The molecule has 0 unspecified atom stereocenters. The highest BCUT2D eigenvalue weighted by molar-refractivity contribution is 7.16. The number of anilines is 1. The number of pyridine rings is 1. The Hall–Kier alpha value is -1.98. The summed E-state index contributed by atoms with van der Waals surface area (Å²) < 4.78 is 1.26. The molecule has 2 aromatic heterocycles. The van der Waals surface area contributed by atoms with Gasteiger partial charge >= 0.3 is 0 Å². The van der Waals surface area contributed by atoms with Crippen molar-refractivity contribution in [2.45, 2.75) is 19.4 Å². The molecule has 5 heteroatoms. The molecule has 2 N–H and O–H groups in total. The number of hydrogen-bond acceptors (Lipinski definition) is 5. The number of fused-ring (bicyclic) bond motifs is 2. The fraction of sp³-hybridized carbons (Fsp3) is 0.294. The Bertz CT molecular complexity index is 811. The maximum absolute atomic E-state index is 5.85. The molecule has 0 saturated carbocycles. The average Bonchev–Trinajstić information content (AvgIpc) is 2.90. The smallest absolute Gasteiger partial charge is 0.0815 e. The van der Waals surface area contributed by atoms with Crippen LogP contribution >= 0.6 is 11.3 Å². The summed E-state index contributed by atoms with van der Waals surface area (Å²) in [5.41, 5.74) is 13.5. The highest BCUT2D eigenvalue weighted by atomic mass is 32.1. The summed E-state index contributed by atoms with van der Waals surface area (Å²) in [5.74, 6) is 0. The second-order valence-corrected chi connectivity index (χ2v) is 6.69. The van der Waals surface area contributed by atoms with E-state index in [2.05, 4.69) is 39.1 Å². The molecule has 1 aromatic carbocycles. The third kappa shape index (κ3) is 2.69. The summed E-state index contributed by atoms with van der Waals surface area (Å²) in [4.78, 5) is 11.4. The Morgan fingerprint density at radius 3 is 3.00 bits per heavy atom. The first kappa shape index (κ1) is 13.7. The number of hydrogen-bond donors (Lipinski definition) is 1. The fourth-order valence-electron chi connectivity index (χ4n) is 3.07. The summed E-state index contributed by atoms with van der Waals surface area (Å²) in [6.45, 7) is 3.06. The number of rotatable bonds is 2. The lowest BCUT2D eigenvalue weighted by atomic mass is 10.1. The predicted octanol–water partition coefficient (Wildman–Crippen LogP) is 2.87. The van der Waals surface area contributed by atoms with Gasteiger partial charge in [0.15, 0.2) is 0 Å². The first-order valence-corrected chi connectivity index (χ1v) is 8.44. The Labute approximate surface area is 133 Å². The minimum absolute atomic E-state index is 0.765. The molecule has 4 rings (SSSR count). The van der Waals surface area contributed by atoms with Crippen molar-refractivity contribution in [3.05, 3.63) is 52.8 Å². The van der Waals surface area contributed by atoms with Crippen LogP contribution in [-0.4, -0.2) is 28.0 Å². The van der Waals surface area contributed by atoms with E-state index in [0.29, 0.717) is 0 Å². The molecular weight excluding hydrogens is 292 g/mol. The van der Waals surface area contributed by atoms with Crippen LogP contribution in [0.5, 0.6) is 0 Å². The SMILES string of the molecule is Nc1cnc2c(c1)CCN(Cc1ccc3scnc3c1)CC2. The zero-order chi connectivity index (χ0) is 14.9. The highest BCUT2D eigenvalue weighted by Crippen LogP contribution is 2.21. The summed E-state index contributed by atoms with van der Waals surface area (Å²) in [6, 6.07) is 8.68. The summed E-state index contributed by atoms with van der Waals surface area (Å²) in [5, 5.41) is 0. The zero-order valence-electron chi connectivity index (χ0n) is 12.3. The first-order chi connectivity index (χ1) is 10.8. The van der Waals surface area contributed by atoms with Crippen LogP contribution in [0.3, 0.4) is 0 Å². The topological polar surface area (TPSA) is 55.0 Å². The molecule has 0 atom stereocenters. The van der Waals surface area contributed by atoms with E-state index in [9.17, 15) is 0 Å². The van der Waals surface area contributed by atoms with Crippen LogP contribution in [0.1, 0.15) is 16.8 Å². The van der Waals surface area contributed by atoms with Gasteiger partial charge < -0.3 is 5.73 Å². The van der Waals surface area contributed by atoms with E-state index >= 15 is 0 Å². The van der Waals surface area contributed by atoms with Crippen LogP contribution in [-0.2, 0) is 19.4 Å². The summed E-state index contributed by atoms with van der Waals surface area (Å²) >= 11 is 1.69. The van der Waals surface area contributed by atoms with Crippen molar-refractivity contribution in [3.8, 4) is 0 Å². The molecule has 0 fully saturated rings. The van der Waals surface area contributed by atoms with Crippen LogP contribution in [0, 0.1) is 0 Å². The standard InChI is InChI=1S/C17H18N4S/c18-14-8-13-3-5-21(6-4-15(13)19-9-14)10-12-1-2-17-16(7-12)20-11-22-17/h1-2,7-9,11H,3-6,10,18H2. The second-order valence-electron chi connectivity index (χ2n) is 5.81. The number of nitrogens with two attached hydrogens (primary N) is 1. The van der Waals surface area contributed by atoms with Crippen molar-refractivity contribution in [1.82, 2.24) is 14.9 Å². The average molecular weight is 310 g/mol. The van der Waals surface area contributed by atoms with Crippen LogP contribution in [0.2, 0.25) is 0 Å². The molecule has 0 spiro atoms. The largest absolute Gasteiger partial charge is 0.397 e. The Morgan fingerprint density at radius 2 is 2.05 bits per heavy atom. The number of aromatic nitrogens is 2. The molecule has 0 saturated heterocycles. The molecule has 112 valence electrons. The van der Waals surface area contributed by atoms with Gasteiger partial charge in [0.1, 0.15) is 0 Å². The van der Waals surface area contributed by atoms with Gasteiger partial charge in [0, 0.05) is 31.7 Å². The molecule has 1 aliphatic heterocycles. The second kappa shape index (κ2) is 5.66. The maximum atomic E-state index is 5.85. The van der Waals surface area contributed by atoms with Crippen molar-refractivity contribution in [3.63, 3.8) is 0 Å². The molecule has 4 nitrogen and oxygen atoms in total. The fourth-order valence-corrected chi connectivity index (χ4v) is 3.73. The minimum atomic E-state index is 0.765. The number of thiazole rings is 1. The van der Waals surface area contributed by atoms with Crippen LogP contribution in [0.25, 0.3) is 10.2 Å². The van der Waals surface area contributed by atoms with Crippen molar-refractivity contribution >= 4 is 27.2 Å². The minimum Gasteiger partial charge on any atom is -0.397 e. The molecule has 1 aliphatic rings. The molecule has 0 radical (unpaired) electrons. The van der Waals surface area contributed by atoms with E-state index in [0.717, 1.165) is 43.7 Å². The molecular formula is C17H18N4S. The van der Waals surface area contributed by atoms with Crippen molar-refractivity contribution in [1.29, 1.82) is 0 Å². The first-order valence-electron chi connectivity index (χ1n) is 7.56. The van der Waals surface area contributed by atoms with Gasteiger partial charge in [-0.25, -0.2) is 4.98 Å². The molecule has 0 aliphatic carbocycles. The van der Waals surface area contributed by atoms with E-state index in [1.165, 1.54) is 21.5 Å². The summed E-state index contributed by atoms with van der Waals surface area (Å²) in [6.07, 6.45) is 3.78. The normalized spacial score (nSPS) is 15.6. The number of nitrogens with zero attached hydrogens (tertiary/aromatic N) is 3. The van der Waals surface area contributed by atoms with E-state index in [4.69, 9.17) is 5.73 Å². The van der Waals surface area contributed by atoms with Crippen molar-refractivity contribution in [2.24, 2.45) is 0 Å². The lowest BCUT2D eigenvalue weighted by Gasteiger charge is -2.19. The van der Waals surface area contributed by atoms with Gasteiger partial charge in [0.25, 0.3) is 0 Å². The molecule has 3 heterocycles. The van der Waals surface area contributed by atoms with Gasteiger partial charge in [0.2, 0.25) is 0 Å². The van der Waals surface area contributed by atoms with Gasteiger partial charge in [-0.1, -0.05) is 6.07 Å². The zero-order valence-corrected chi connectivity index (χ0v) is 13.1. The Balaban J connectivity index is 1.50. The Kier molecular flexibility index (Phi) is 3.52. The number of nitrogen functional groups attached to an aromatic ring is 1. The highest BCUT2D eigenvalue weighted by Gasteiger charge is 2.15. The lowest BCUT2D eigenvalue weighted by Crippen LogP contribution is -2.25. The molecule has 0 bridgehead atoms. The van der Waals surface area contributed by atoms with Gasteiger partial charge in [-0.3, -0.25) is 9.88 Å². The van der Waals surface area contributed by atoms with Gasteiger partial charge in [-0.15, -0.1) is 11.3 Å². The van der Waals surface area contributed by atoms with E-state index in [-0.39, 0.29) is 0 Å². The van der Waals surface area contributed by atoms with Crippen molar-refractivity contribution in [2.75, 3.05) is 18.8 Å². The monoisotopic (exact) mass is 310 g/mol. The van der Waals surface area contributed by atoms with E-state index in [1.807, 2.05) is 5.51 Å². The number of benzene rings is 1. The molecule has 0 amide bonds. The third-order valence-corrected chi connectivity index (χ3v) is 5.05. The van der Waals surface area contributed by atoms with Crippen molar-refractivity contribution < 1.29 is 0 Å². The quantitative estimate of drug-likeness (QED) is 0.791. The predicted molar refractivity (Wildman–Crippen MR) is 91.0 cm³/mol. The van der Waals surface area contributed by atoms with Crippen LogP contribution in [0.15, 0.2) is 36.0 Å².